The van der Waals surface area contributed by atoms with Gasteiger partial charge in [0, 0.05) is 12.0 Å². The highest BCUT2D eigenvalue weighted by atomic mass is 16.5. The van der Waals surface area contributed by atoms with Crippen LogP contribution in [0, 0.1) is 0 Å². The Morgan fingerprint density at radius 1 is 0.741 bits per heavy atom. The van der Waals surface area contributed by atoms with Crippen molar-refractivity contribution in [3.8, 4) is 0 Å². The number of ether oxygens (including phenoxy) is 1. The summed E-state index contributed by atoms with van der Waals surface area (Å²) in [6, 6.07) is 0. The number of nitrogens with one attached hydrogen (secondary N) is 1. The van der Waals surface area contributed by atoms with E-state index in [9.17, 15) is 4.79 Å². The van der Waals surface area contributed by atoms with E-state index >= 15 is 0 Å². The Bertz CT molecular complexity index is 328. The lowest BCUT2D eigenvalue weighted by Gasteiger charge is -2.26. The van der Waals surface area contributed by atoms with Gasteiger partial charge in [0.1, 0.15) is 0 Å². The van der Waals surface area contributed by atoms with E-state index in [0.717, 1.165) is 25.8 Å². The summed E-state index contributed by atoms with van der Waals surface area (Å²) < 4.78 is 4.95. The summed E-state index contributed by atoms with van der Waals surface area (Å²) in [6.45, 7) is 10.3. The lowest BCUT2D eigenvalue weighted by atomic mass is 9.95. The largest absolute Gasteiger partial charge is 0.466 e. The van der Waals surface area contributed by atoms with Crippen molar-refractivity contribution in [3.05, 3.63) is 0 Å². The maximum Gasteiger partial charge on any atom is 0.305 e. The van der Waals surface area contributed by atoms with Gasteiger partial charge in [0.05, 0.1) is 6.61 Å². The zero-order chi connectivity index (χ0) is 20.2. The highest BCUT2D eigenvalue weighted by Gasteiger charge is 2.15. The molecule has 0 aromatic carbocycles. The van der Waals surface area contributed by atoms with Crippen LogP contribution in [0.15, 0.2) is 0 Å². The molecule has 0 spiro atoms. The first-order valence-corrected chi connectivity index (χ1v) is 11.9. The average Bonchev–Trinajstić information content (AvgIpc) is 2.62. The average molecular weight is 384 g/mol. The third-order valence-electron chi connectivity index (χ3n) is 5.37. The molecule has 0 fully saturated rings. The van der Waals surface area contributed by atoms with Crippen LogP contribution >= 0.6 is 0 Å². The molecule has 27 heavy (non-hydrogen) atoms. The lowest BCUT2D eigenvalue weighted by Crippen LogP contribution is -2.39. The number of esters is 1. The SMILES string of the molecule is CCCCCCCCCCCCCC(C)(C)NCCCCCC(=O)OCC. The van der Waals surface area contributed by atoms with Crippen LogP contribution in [0.1, 0.15) is 130 Å². The first-order chi connectivity index (χ1) is 13.0. The second-order valence-corrected chi connectivity index (χ2v) is 8.71. The van der Waals surface area contributed by atoms with Gasteiger partial charge in [0.15, 0.2) is 0 Å². The molecule has 0 radical (unpaired) electrons. The molecule has 0 aromatic rings. The molecule has 162 valence electrons. The number of carbonyl (C=O) groups excluding carboxylic acids is 1. The fourth-order valence-corrected chi connectivity index (χ4v) is 3.55. The first kappa shape index (κ1) is 26.4. The molecule has 0 rings (SSSR count). The summed E-state index contributed by atoms with van der Waals surface area (Å²) in [7, 11) is 0. The standard InChI is InChI=1S/C24H49NO2/c1-5-7-8-9-10-11-12-13-14-15-18-21-24(3,4)25-22-19-16-17-20-23(26)27-6-2/h25H,5-22H2,1-4H3. The van der Waals surface area contributed by atoms with Gasteiger partial charge in [0.2, 0.25) is 0 Å². The van der Waals surface area contributed by atoms with Gasteiger partial charge in [-0.05, 0) is 46.6 Å². The Balaban J connectivity index is 3.39. The van der Waals surface area contributed by atoms with Gasteiger partial charge < -0.3 is 10.1 Å². The molecule has 0 aromatic heterocycles. The molecule has 0 heterocycles. The van der Waals surface area contributed by atoms with Gasteiger partial charge in [0.25, 0.3) is 0 Å². The van der Waals surface area contributed by atoms with Gasteiger partial charge in [-0.3, -0.25) is 4.79 Å². The maximum atomic E-state index is 11.3. The second-order valence-electron chi connectivity index (χ2n) is 8.71. The normalized spacial score (nSPS) is 11.7. The van der Waals surface area contributed by atoms with Crippen LogP contribution in [0.5, 0.6) is 0 Å². The van der Waals surface area contributed by atoms with Gasteiger partial charge >= 0.3 is 5.97 Å². The van der Waals surface area contributed by atoms with Gasteiger partial charge in [-0.1, -0.05) is 84.0 Å². The fraction of sp³-hybridized carbons (Fsp3) is 0.958. The first-order valence-electron chi connectivity index (χ1n) is 11.9. The molecule has 0 atom stereocenters. The minimum absolute atomic E-state index is 0.0534. The van der Waals surface area contributed by atoms with Crippen LogP contribution in [-0.2, 0) is 9.53 Å². The molecule has 0 unspecified atom stereocenters. The molecule has 1 N–H and O–H groups in total. The van der Waals surface area contributed by atoms with E-state index < -0.39 is 0 Å². The third-order valence-corrected chi connectivity index (χ3v) is 5.37. The molecular weight excluding hydrogens is 334 g/mol. The molecule has 0 bridgehead atoms. The molecule has 0 amide bonds. The summed E-state index contributed by atoms with van der Waals surface area (Å²) in [4.78, 5) is 11.3. The summed E-state index contributed by atoms with van der Waals surface area (Å²) in [5.41, 5.74) is 0.237. The highest BCUT2D eigenvalue weighted by molar-refractivity contribution is 5.69. The third kappa shape index (κ3) is 20.0. The Labute approximate surface area is 170 Å². The van der Waals surface area contributed by atoms with E-state index in [1.165, 1.54) is 77.0 Å². The summed E-state index contributed by atoms with van der Waals surface area (Å²) in [6.07, 6.45) is 20.5. The van der Waals surface area contributed by atoms with Crippen molar-refractivity contribution in [1.82, 2.24) is 5.32 Å². The number of unbranched alkanes of at least 4 members (excludes halogenated alkanes) is 12. The van der Waals surface area contributed by atoms with Crippen molar-refractivity contribution < 1.29 is 9.53 Å². The zero-order valence-electron chi connectivity index (χ0n) is 19.0. The summed E-state index contributed by atoms with van der Waals surface area (Å²) >= 11 is 0. The molecule has 3 heteroatoms. The van der Waals surface area contributed by atoms with E-state index in [2.05, 4.69) is 26.1 Å². The number of rotatable bonds is 20. The van der Waals surface area contributed by atoms with Crippen molar-refractivity contribution >= 4 is 5.97 Å². The molecule has 0 aliphatic carbocycles. The Morgan fingerprint density at radius 3 is 1.81 bits per heavy atom. The smallest absolute Gasteiger partial charge is 0.305 e. The predicted octanol–water partition coefficient (Wildman–Crippen LogP) is 7.18. The van der Waals surface area contributed by atoms with E-state index in [0.29, 0.717) is 13.0 Å². The lowest BCUT2D eigenvalue weighted by molar-refractivity contribution is -0.143. The molecule has 3 nitrogen and oxygen atoms in total. The van der Waals surface area contributed by atoms with Gasteiger partial charge in [-0.2, -0.15) is 0 Å². The monoisotopic (exact) mass is 383 g/mol. The van der Waals surface area contributed by atoms with E-state index in [4.69, 9.17) is 4.74 Å². The van der Waals surface area contributed by atoms with Crippen molar-refractivity contribution in [2.45, 2.75) is 136 Å². The highest BCUT2D eigenvalue weighted by Crippen LogP contribution is 2.16. The summed E-state index contributed by atoms with van der Waals surface area (Å²) in [5.74, 6) is -0.0534. The van der Waals surface area contributed by atoms with Crippen LogP contribution in [-0.4, -0.2) is 24.7 Å². The van der Waals surface area contributed by atoms with Crippen molar-refractivity contribution in [2.24, 2.45) is 0 Å². The minimum Gasteiger partial charge on any atom is -0.466 e. The van der Waals surface area contributed by atoms with E-state index in [1.54, 1.807) is 0 Å². The van der Waals surface area contributed by atoms with Crippen LogP contribution < -0.4 is 5.32 Å². The quantitative estimate of drug-likeness (QED) is 0.179. The zero-order valence-corrected chi connectivity index (χ0v) is 19.0. The Kier molecular flexibility index (Phi) is 18.4. The molecule has 0 aliphatic rings. The Hall–Kier alpha value is -0.570. The summed E-state index contributed by atoms with van der Waals surface area (Å²) in [5, 5.41) is 3.69. The van der Waals surface area contributed by atoms with Gasteiger partial charge in [-0.25, -0.2) is 0 Å². The molecule has 0 saturated heterocycles. The van der Waals surface area contributed by atoms with Crippen LogP contribution in [0.4, 0.5) is 0 Å². The molecule has 0 aliphatic heterocycles. The molecular formula is C24H49NO2. The number of hydrogen-bond donors (Lipinski definition) is 1. The van der Waals surface area contributed by atoms with Crippen LogP contribution in [0.3, 0.4) is 0 Å². The second kappa shape index (κ2) is 18.8. The maximum absolute atomic E-state index is 11.3. The number of carbonyl (C=O) groups is 1. The van der Waals surface area contributed by atoms with Crippen molar-refractivity contribution in [2.75, 3.05) is 13.2 Å². The van der Waals surface area contributed by atoms with Gasteiger partial charge in [-0.15, -0.1) is 0 Å². The van der Waals surface area contributed by atoms with Crippen molar-refractivity contribution in [1.29, 1.82) is 0 Å². The predicted molar refractivity (Wildman–Crippen MR) is 118 cm³/mol. The topological polar surface area (TPSA) is 38.3 Å². The van der Waals surface area contributed by atoms with E-state index in [1.807, 2.05) is 6.92 Å². The number of hydrogen-bond acceptors (Lipinski definition) is 3. The van der Waals surface area contributed by atoms with Crippen LogP contribution in [0.25, 0.3) is 0 Å². The van der Waals surface area contributed by atoms with Crippen LogP contribution in [0.2, 0.25) is 0 Å². The van der Waals surface area contributed by atoms with E-state index in [-0.39, 0.29) is 11.5 Å². The molecule has 0 saturated carbocycles. The van der Waals surface area contributed by atoms with Crippen molar-refractivity contribution in [3.63, 3.8) is 0 Å². The fourth-order valence-electron chi connectivity index (χ4n) is 3.55. The Morgan fingerprint density at radius 2 is 1.26 bits per heavy atom. The minimum atomic E-state index is -0.0534.